The first kappa shape index (κ1) is 15.6. The zero-order valence-electron chi connectivity index (χ0n) is 13.2. The Morgan fingerprint density at radius 2 is 2.08 bits per heavy atom. The van der Waals surface area contributed by atoms with E-state index in [4.69, 9.17) is 11.3 Å². The second-order valence-electron chi connectivity index (χ2n) is 5.36. The molecule has 0 amide bonds. The molecule has 3 heterocycles. The maximum atomic E-state index is 11.8. The first-order chi connectivity index (χ1) is 12.2. The average Bonchev–Trinajstić information content (AvgIpc) is 3.37. The monoisotopic (exact) mass is 364 g/mol. The lowest BCUT2D eigenvalue weighted by Crippen LogP contribution is -2.00. The Morgan fingerprint density at radius 3 is 2.80 bits per heavy atom. The topological polar surface area (TPSA) is 46.5 Å². The molecule has 25 heavy (non-hydrogen) atoms. The summed E-state index contributed by atoms with van der Waals surface area (Å²) >= 11 is 3.07. The van der Waals surface area contributed by atoms with Gasteiger partial charge in [0.05, 0.1) is 29.8 Å². The van der Waals surface area contributed by atoms with Crippen LogP contribution >= 0.6 is 22.7 Å². The van der Waals surface area contributed by atoms with Crippen LogP contribution in [0.5, 0.6) is 0 Å². The number of nitrogens with zero attached hydrogens (tertiary/aromatic N) is 1. The molecule has 6 heteroatoms. The Kier molecular flexibility index (Phi) is 3.88. The van der Waals surface area contributed by atoms with E-state index in [-0.39, 0.29) is 5.97 Å². The van der Waals surface area contributed by atoms with E-state index in [1.807, 2.05) is 35.0 Å². The van der Waals surface area contributed by atoms with Gasteiger partial charge in [-0.1, -0.05) is 18.2 Å². The van der Waals surface area contributed by atoms with Gasteiger partial charge in [-0.3, -0.25) is 0 Å². The third-order valence-electron chi connectivity index (χ3n) is 4.00. The number of esters is 1. The van der Waals surface area contributed by atoms with Crippen LogP contribution in [0, 0.1) is 6.57 Å². The average molecular weight is 364 g/mol. The van der Waals surface area contributed by atoms with Crippen LogP contribution < -0.4 is 0 Å². The molecule has 0 aliphatic carbocycles. The zero-order chi connectivity index (χ0) is 17.4. The molecule has 0 atom stereocenters. The van der Waals surface area contributed by atoms with Crippen LogP contribution in [0.25, 0.3) is 37.4 Å². The summed E-state index contributed by atoms with van der Waals surface area (Å²) in [7, 11) is 1.37. The van der Waals surface area contributed by atoms with Gasteiger partial charge in [0.2, 0.25) is 5.00 Å². The number of H-pyrrole nitrogens is 1. The van der Waals surface area contributed by atoms with Gasteiger partial charge >= 0.3 is 5.97 Å². The molecule has 1 aromatic carbocycles. The highest BCUT2D eigenvalue weighted by Gasteiger charge is 2.20. The molecular weight excluding hydrogens is 352 g/mol. The minimum atomic E-state index is -0.367. The molecular formula is C19H12N2O2S2. The van der Waals surface area contributed by atoms with Crippen molar-refractivity contribution in [2.45, 2.75) is 0 Å². The fourth-order valence-electron chi connectivity index (χ4n) is 2.91. The predicted octanol–water partition coefficient (Wildman–Crippen LogP) is 5.96. The number of hydrogen-bond donors (Lipinski definition) is 1. The van der Waals surface area contributed by atoms with Crippen LogP contribution in [0.1, 0.15) is 10.4 Å². The molecule has 0 saturated carbocycles. The molecule has 3 aromatic heterocycles. The highest BCUT2D eigenvalue weighted by molar-refractivity contribution is 7.15. The Balaban J connectivity index is 2.03. The van der Waals surface area contributed by atoms with Crippen molar-refractivity contribution in [1.82, 2.24) is 4.98 Å². The molecule has 0 unspecified atom stereocenters. The summed E-state index contributed by atoms with van der Waals surface area (Å²) < 4.78 is 4.81. The fourth-order valence-corrected chi connectivity index (χ4v) is 4.32. The molecule has 0 fully saturated rings. The van der Waals surface area contributed by atoms with E-state index in [9.17, 15) is 4.79 Å². The van der Waals surface area contributed by atoms with Crippen molar-refractivity contribution in [1.29, 1.82) is 0 Å². The van der Waals surface area contributed by atoms with E-state index < -0.39 is 0 Å². The van der Waals surface area contributed by atoms with Crippen molar-refractivity contribution < 1.29 is 9.53 Å². The molecule has 0 spiro atoms. The van der Waals surface area contributed by atoms with Gasteiger partial charge in [-0.15, -0.1) is 11.3 Å². The molecule has 4 rings (SSSR count). The number of fused-ring (bicyclic) bond motifs is 1. The number of thiophene rings is 2. The van der Waals surface area contributed by atoms with E-state index in [0.29, 0.717) is 10.6 Å². The number of rotatable bonds is 3. The second kappa shape index (κ2) is 6.20. The Morgan fingerprint density at radius 1 is 1.20 bits per heavy atom. The van der Waals surface area contributed by atoms with Crippen molar-refractivity contribution >= 4 is 44.5 Å². The number of aromatic nitrogens is 1. The smallest absolute Gasteiger partial charge is 0.337 e. The normalized spacial score (nSPS) is 10.7. The van der Waals surface area contributed by atoms with Gasteiger partial charge in [-0.25, -0.2) is 9.64 Å². The number of methoxy groups -OCH3 is 1. The zero-order valence-corrected chi connectivity index (χ0v) is 14.8. The maximum Gasteiger partial charge on any atom is 0.337 e. The molecule has 1 N–H and O–H groups in total. The summed E-state index contributed by atoms with van der Waals surface area (Å²) in [5.74, 6) is -0.367. The molecule has 0 saturated heterocycles. The van der Waals surface area contributed by atoms with Gasteiger partial charge in [0.15, 0.2) is 0 Å². The number of nitrogens with one attached hydrogen (secondary N) is 1. The molecule has 0 aliphatic rings. The van der Waals surface area contributed by atoms with E-state index >= 15 is 0 Å². The molecule has 122 valence electrons. The molecule has 0 bridgehead atoms. The first-order valence-corrected chi connectivity index (χ1v) is 9.22. The first-order valence-electron chi connectivity index (χ1n) is 7.46. The van der Waals surface area contributed by atoms with Gasteiger partial charge in [-0.2, -0.15) is 11.3 Å². The van der Waals surface area contributed by atoms with Crippen LogP contribution in [0.4, 0.5) is 5.00 Å². The molecule has 0 radical (unpaired) electrons. The van der Waals surface area contributed by atoms with Crippen molar-refractivity contribution in [2.75, 3.05) is 7.11 Å². The summed E-state index contributed by atoms with van der Waals surface area (Å²) in [5.41, 5.74) is 4.23. The third-order valence-corrected chi connectivity index (χ3v) is 5.70. The van der Waals surface area contributed by atoms with Crippen LogP contribution in [-0.4, -0.2) is 18.1 Å². The summed E-state index contributed by atoms with van der Waals surface area (Å²) in [6.45, 7) is 7.44. The van der Waals surface area contributed by atoms with Crippen molar-refractivity contribution in [3.05, 3.63) is 64.1 Å². The minimum absolute atomic E-state index is 0.367. The van der Waals surface area contributed by atoms with Crippen LogP contribution in [0.3, 0.4) is 0 Å². The van der Waals surface area contributed by atoms with Crippen LogP contribution in [-0.2, 0) is 4.74 Å². The fraction of sp³-hybridized carbons (Fsp3) is 0.0526. The van der Waals surface area contributed by atoms with E-state index in [1.54, 1.807) is 23.5 Å². The lowest BCUT2D eigenvalue weighted by molar-refractivity contribution is 0.0601. The summed E-state index contributed by atoms with van der Waals surface area (Å²) in [6, 6.07) is 11.5. The highest BCUT2D eigenvalue weighted by atomic mass is 32.1. The number of carbonyl (C=O) groups excluding carboxylic acids is 1. The quantitative estimate of drug-likeness (QED) is 0.360. The second-order valence-corrected chi connectivity index (χ2v) is 7.20. The van der Waals surface area contributed by atoms with Crippen LogP contribution in [0.15, 0.2) is 47.2 Å². The van der Waals surface area contributed by atoms with E-state index in [0.717, 1.165) is 32.6 Å². The highest BCUT2D eigenvalue weighted by Crippen LogP contribution is 2.45. The number of benzene rings is 1. The minimum Gasteiger partial charge on any atom is -0.465 e. The van der Waals surface area contributed by atoms with Gasteiger partial charge in [0.25, 0.3) is 0 Å². The number of ether oxygens (including phenoxy) is 1. The number of hydrogen-bond acceptors (Lipinski definition) is 4. The summed E-state index contributed by atoms with van der Waals surface area (Å²) in [5, 5.41) is 5.60. The van der Waals surface area contributed by atoms with Crippen molar-refractivity contribution in [3.63, 3.8) is 0 Å². The summed E-state index contributed by atoms with van der Waals surface area (Å²) in [4.78, 5) is 20.0. The lowest BCUT2D eigenvalue weighted by Gasteiger charge is -2.03. The summed E-state index contributed by atoms with van der Waals surface area (Å²) in [6.07, 6.45) is 0. The van der Waals surface area contributed by atoms with Gasteiger partial charge in [0.1, 0.15) is 0 Å². The largest absolute Gasteiger partial charge is 0.465 e. The third kappa shape index (κ3) is 2.54. The molecule has 4 nitrogen and oxygen atoms in total. The molecule has 4 aromatic rings. The predicted molar refractivity (Wildman–Crippen MR) is 103 cm³/mol. The number of carbonyl (C=O) groups is 1. The lowest BCUT2D eigenvalue weighted by atomic mass is 10.0. The van der Waals surface area contributed by atoms with Crippen LogP contribution in [0.2, 0.25) is 0 Å². The van der Waals surface area contributed by atoms with Gasteiger partial charge < -0.3 is 9.72 Å². The van der Waals surface area contributed by atoms with Crippen molar-refractivity contribution in [2.24, 2.45) is 0 Å². The van der Waals surface area contributed by atoms with Gasteiger partial charge in [0, 0.05) is 22.0 Å². The van der Waals surface area contributed by atoms with Crippen molar-refractivity contribution in [3.8, 4) is 21.7 Å². The standard InChI is InChI=1S/C19H12N2O2S2/c1-20-18-13(7-9-25-18)16-12-6-5-11(19(22)23-2)10-14(12)21-17(16)15-4-3-8-24-15/h3-10,21H,2H3. The SMILES string of the molecule is [C-]#[N+]c1sccc1-c1c(-c2cccs2)[nH]c2cc(C(=O)OC)ccc12. The number of aromatic amines is 1. The molecule has 0 aliphatic heterocycles. The Hall–Kier alpha value is -2.88. The Labute approximate surface area is 152 Å². The van der Waals surface area contributed by atoms with E-state index in [1.165, 1.54) is 18.4 Å². The Bertz CT molecular complexity index is 1110. The maximum absolute atomic E-state index is 11.8. The van der Waals surface area contributed by atoms with E-state index in [2.05, 4.69) is 9.83 Å². The van der Waals surface area contributed by atoms with Gasteiger partial charge in [-0.05, 0) is 29.0 Å².